The minimum absolute atomic E-state index is 0.245. The first-order valence-electron chi connectivity index (χ1n) is 6.42. The molecule has 1 N–H and O–H groups in total. The molecule has 0 bridgehead atoms. The van der Waals surface area contributed by atoms with Gasteiger partial charge in [0.2, 0.25) is 0 Å². The van der Waals surface area contributed by atoms with Crippen LogP contribution in [-0.2, 0) is 0 Å². The molecule has 0 aliphatic heterocycles. The average molecular weight is 302 g/mol. The second-order valence-electron chi connectivity index (χ2n) is 4.69. The molecule has 2 rings (SSSR count). The lowest BCUT2D eigenvalue weighted by Gasteiger charge is -2.12. The molecule has 21 heavy (non-hydrogen) atoms. The fourth-order valence-corrected chi connectivity index (χ4v) is 1.82. The minimum atomic E-state index is -0.245. The Balaban J connectivity index is 1.96. The molecule has 2 aromatic rings. The number of nitrogens with zero attached hydrogens (tertiary/aromatic N) is 2. The standard InChI is InChI=1S/C16H16ClN3O/c1-20(2)15-9-5-13(6-10-15)16(21)19-18-11-12-3-7-14(17)8-4-12/h3-11H,1-2H3,(H,19,21)/b18-11+. The molecule has 0 radical (unpaired) electrons. The molecule has 4 nitrogen and oxygen atoms in total. The Morgan fingerprint density at radius 3 is 2.29 bits per heavy atom. The number of benzene rings is 2. The van der Waals surface area contributed by atoms with Crippen LogP contribution in [0.3, 0.4) is 0 Å². The molecular formula is C16H16ClN3O. The van der Waals surface area contributed by atoms with Crippen LogP contribution < -0.4 is 10.3 Å². The van der Waals surface area contributed by atoms with Gasteiger partial charge >= 0.3 is 0 Å². The highest BCUT2D eigenvalue weighted by molar-refractivity contribution is 6.30. The first-order chi connectivity index (χ1) is 10.1. The van der Waals surface area contributed by atoms with Crippen LogP contribution in [0.15, 0.2) is 53.6 Å². The molecule has 0 saturated carbocycles. The van der Waals surface area contributed by atoms with E-state index in [1.54, 1.807) is 30.5 Å². The van der Waals surface area contributed by atoms with Crippen molar-refractivity contribution in [2.24, 2.45) is 5.10 Å². The van der Waals surface area contributed by atoms with E-state index in [0.29, 0.717) is 10.6 Å². The fraction of sp³-hybridized carbons (Fsp3) is 0.125. The second-order valence-corrected chi connectivity index (χ2v) is 5.13. The maximum absolute atomic E-state index is 11.9. The number of amides is 1. The van der Waals surface area contributed by atoms with E-state index in [1.807, 2.05) is 43.3 Å². The lowest BCUT2D eigenvalue weighted by molar-refractivity contribution is 0.0955. The summed E-state index contributed by atoms with van der Waals surface area (Å²) >= 11 is 5.79. The van der Waals surface area contributed by atoms with Crippen LogP contribution in [-0.4, -0.2) is 26.2 Å². The third kappa shape index (κ3) is 4.33. The van der Waals surface area contributed by atoms with Gasteiger partial charge in [-0.3, -0.25) is 4.79 Å². The summed E-state index contributed by atoms with van der Waals surface area (Å²) in [6, 6.07) is 14.5. The number of nitrogens with one attached hydrogen (secondary N) is 1. The van der Waals surface area contributed by atoms with Crippen molar-refractivity contribution in [3.63, 3.8) is 0 Å². The van der Waals surface area contributed by atoms with Gasteiger partial charge in [0, 0.05) is 30.4 Å². The number of halogens is 1. The highest BCUT2D eigenvalue weighted by atomic mass is 35.5. The van der Waals surface area contributed by atoms with Crippen LogP contribution in [0.5, 0.6) is 0 Å². The molecule has 0 aliphatic carbocycles. The third-order valence-corrected chi connectivity index (χ3v) is 3.15. The van der Waals surface area contributed by atoms with E-state index in [1.165, 1.54) is 0 Å². The first kappa shape index (κ1) is 15.1. The van der Waals surface area contributed by atoms with Gasteiger partial charge < -0.3 is 4.90 Å². The number of hydrogen-bond donors (Lipinski definition) is 1. The van der Waals surface area contributed by atoms with Gasteiger partial charge in [-0.1, -0.05) is 23.7 Å². The minimum Gasteiger partial charge on any atom is -0.378 e. The van der Waals surface area contributed by atoms with Crippen LogP contribution >= 0.6 is 11.6 Å². The number of anilines is 1. The largest absolute Gasteiger partial charge is 0.378 e. The Morgan fingerprint density at radius 2 is 1.71 bits per heavy atom. The number of carbonyl (C=O) groups is 1. The topological polar surface area (TPSA) is 44.7 Å². The van der Waals surface area contributed by atoms with Crippen LogP contribution in [0, 0.1) is 0 Å². The Hall–Kier alpha value is -2.33. The summed E-state index contributed by atoms with van der Waals surface area (Å²) in [7, 11) is 3.90. The molecule has 0 atom stereocenters. The highest BCUT2D eigenvalue weighted by Gasteiger charge is 2.04. The fourth-order valence-electron chi connectivity index (χ4n) is 1.69. The Bertz CT molecular complexity index is 634. The molecule has 0 aromatic heterocycles. The van der Waals surface area contributed by atoms with E-state index in [9.17, 15) is 4.79 Å². The smallest absolute Gasteiger partial charge is 0.271 e. The summed E-state index contributed by atoms with van der Waals surface area (Å²) in [5, 5.41) is 4.59. The van der Waals surface area contributed by atoms with Crippen molar-refractivity contribution >= 4 is 29.4 Å². The van der Waals surface area contributed by atoms with E-state index in [-0.39, 0.29) is 5.91 Å². The van der Waals surface area contributed by atoms with E-state index in [0.717, 1.165) is 11.3 Å². The van der Waals surface area contributed by atoms with Gasteiger partial charge in [0.15, 0.2) is 0 Å². The summed E-state index contributed by atoms with van der Waals surface area (Å²) in [5.41, 5.74) is 4.96. The van der Waals surface area contributed by atoms with Crippen LogP contribution in [0.2, 0.25) is 5.02 Å². The maximum Gasteiger partial charge on any atom is 0.271 e. The molecule has 108 valence electrons. The van der Waals surface area contributed by atoms with Crippen LogP contribution in [0.1, 0.15) is 15.9 Å². The number of rotatable bonds is 4. The molecule has 0 fully saturated rings. The Morgan fingerprint density at radius 1 is 1.10 bits per heavy atom. The molecule has 0 spiro atoms. The normalized spacial score (nSPS) is 10.6. The van der Waals surface area contributed by atoms with Gasteiger partial charge in [0.25, 0.3) is 5.91 Å². The van der Waals surface area contributed by atoms with Crippen molar-refractivity contribution in [1.82, 2.24) is 5.43 Å². The summed E-state index contributed by atoms with van der Waals surface area (Å²) in [6.07, 6.45) is 1.57. The van der Waals surface area contributed by atoms with Crippen molar-refractivity contribution in [3.8, 4) is 0 Å². The first-order valence-corrected chi connectivity index (χ1v) is 6.80. The summed E-state index contributed by atoms with van der Waals surface area (Å²) < 4.78 is 0. The molecular weight excluding hydrogens is 286 g/mol. The van der Waals surface area contributed by atoms with Gasteiger partial charge in [0.1, 0.15) is 0 Å². The molecule has 1 amide bonds. The van der Waals surface area contributed by atoms with E-state index in [4.69, 9.17) is 11.6 Å². The summed E-state index contributed by atoms with van der Waals surface area (Å²) in [6.45, 7) is 0. The number of hydrogen-bond acceptors (Lipinski definition) is 3. The summed E-state index contributed by atoms with van der Waals surface area (Å²) in [5.74, 6) is -0.245. The van der Waals surface area contributed by atoms with Crippen molar-refractivity contribution in [2.45, 2.75) is 0 Å². The van der Waals surface area contributed by atoms with Crippen LogP contribution in [0.25, 0.3) is 0 Å². The molecule has 0 unspecified atom stereocenters. The Labute approximate surface area is 129 Å². The predicted octanol–water partition coefficient (Wildman–Crippen LogP) is 3.17. The number of hydrazone groups is 1. The van der Waals surface area contributed by atoms with Crippen molar-refractivity contribution in [2.75, 3.05) is 19.0 Å². The van der Waals surface area contributed by atoms with E-state index >= 15 is 0 Å². The number of carbonyl (C=O) groups excluding carboxylic acids is 1. The SMILES string of the molecule is CN(C)c1ccc(C(=O)N/N=C/c2ccc(Cl)cc2)cc1. The lowest BCUT2D eigenvalue weighted by Crippen LogP contribution is -2.17. The zero-order chi connectivity index (χ0) is 15.2. The van der Waals surface area contributed by atoms with Crippen LogP contribution in [0.4, 0.5) is 5.69 Å². The Kier molecular flexibility index (Phi) is 4.95. The van der Waals surface area contributed by atoms with E-state index in [2.05, 4.69) is 10.5 Å². The van der Waals surface area contributed by atoms with Crippen molar-refractivity contribution in [1.29, 1.82) is 0 Å². The van der Waals surface area contributed by atoms with Gasteiger partial charge in [-0.25, -0.2) is 5.43 Å². The molecule has 5 heteroatoms. The van der Waals surface area contributed by atoms with Gasteiger partial charge in [0.05, 0.1) is 6.21 Å². The molecule has 2 aromatic carbocycles. The summed E-state index contributed by atoms with van der Waals surface area (Å²) in [4.78, 5) is 13.9. The van der Waals surface area contributed by atoms with Crippen molar-refractivity contribution < 1.29 is 4.79 Å². The lowest BCUT2D eigenvalue weighted by atomic mass is 10.2. The maximum atomic E-state index is 11.9. The van der Waals surface area contributed by atoms with Crippen molar-refractivity contribution in [3.05, 3.63) is 64.7 Å². The molecule has 0 heterocycles. The monoisotopic (exact) mass is 301 g/mol. The van der Waals surface area contributed by atoms with Gasteiger partial charge in [-0.05, 0) is 42.0 Å². The quantitative estimate of drug-likeness (QED) is 0.696. The average Bonchev–Trinajstić information content (AvgIpc) is 2.49. The molecule has 0 aliphatic rings. The zero-order valence-corrected chi connectivity index (χ0v) is 12.6. The third-order valence-electron chi connectivity index (χ3n) is 2.90. The van der Waals surface area contributed by atoms with E-state index < -0.39 is 0 Å². The van der Waals surface area contributed by atoms with Gasteiger partial charge in [-0.2, -0.15) is 5.10 Å². The second kappa shape index (κ2) is 6.90. The van der Waals surface area contributed by atoms with Gasteiger partial charge in [-0.15, -0.1) is 0 Å². The zero-order valence-electron chi connectivity index (χ0n) is 11.9. The predicted molar refractivity (Wildman–Crippen MR) is 87.3 cm³/mol. The highest BCUT2D eigenvalue weighted by Crippen LogP contribution is 2.12. The molecule has 0 saturated heterocycles.